The van der Waals surface area contributed by atoms with Crippen molar-refractivity contribution in [1.82, 2.24) is 0 Å². The molecule has 27 heavy (non-hydrogen) atoms. The Kier molecular flexibility index (Phi) is 5.28. The summed E-state index contributed by atoms with van der Waals surface area (Å²) in [5, 5.41) is 2.75. The molecule has 0 aliphatic heterocycles. The van der Waals surface area contributed by atoms with Crippen molar-refractivity contribution in [1.29, 1.82) is 0 Å². The number of anilines is 2. The number of hydrogen-bond donors (Lipinski definition) is 2. The Hall–Kier alpha value is -3.12. The van der Waals surface area contributed by atoms with Gasteiger partial charge in [0.15, 0.2) is 0 Å². The molecule has 0 saturated heterocycles. The zero-order valence-corrected chi connectivity index (χ0v) is 15.9. The second kappa shape index (κ2) is 7.63. The first kappa shape index (κ1) is 18.7. The molecule has 5 nitrogen and oxygen atoms in total. The lowest BCUT2D eigenvalue weighted by Gasteiger charge is -2.11. The number of amides is 1. The minimum atomic E-state index is -3.71. The minimum Gasteiger partial charge on any atom is -0.322 e. The maximum atomic E-state index is 12.6. The summed E-state index contributed by atoms with van der Waals surface area (Å²) < 4.78 is 27.7. The summed E-state index contributed by atoms with van der Waals surface area (Å²) in [6.45, 7) is 3.82. The quantitative estimate of drug-likeness (QED) is 0.691. The molecule has 3 aromatic carbocycles. The Bertz CT molecular complexity index is 1040. The van der Waals surface area contributed by atoms with E-state index in [0.717, 1.165) is 11.1 Å². The Morgan fingerprint density at radius 2 is 1.37 bits per heavy atom. The van der Waals surface area contributed by atoms with Gasteiger partial charge in [-0.1, -0.05) is 24.3 Å². The van der Waals surface area contributed by atoms with Gasteiger partial charge < -0.3 is 5.32 Å². The highest BCUT2D eigenvalue weighted by Gasteiger charge is 2.15. The molecule has 138 valence electrons. The number of sulfonamides is 1. The van der Waals surface area contributed by atoms with Gasteiger partial charge >= 0.3 is 0 Å². The standard InChI is InChI=1S/C21H20N2O3S/c1-15-12-16(2)14-19(13-15)23-27(25,26)20-10-8-18(9-11-20)22-21(24)17-6-4-3-5-7-17/h3-14,23H,1-2H3,(H,22,24). The van der Waals surface area contributed by atoms with E-state index in [2.05, 4.69) is 10.0 Å². The first-order chi connectivity index (χ1) is 12.8. The van der Waals surface area contributed by atoms with Crippen LogP contribution < -0.4 is 10.0 Å². The summed E-state index contributed by atoms with van der Waals surface area (Å²) in [5.74, 6) is -0.250. The molecule has 0 bridgehead atoms. The zero-order valence-electron chi connectivity index (χ0n) is 15.1. The number of carbonyl (C=O) groups is 1. The van der Waals surface area contributed by atoms with Crippen LogP contribution in [0.3, 0.4) is 0 Å². The molecule has 3 rings (SSSR count). The summed E-state index contributed by atoms with van der Waals surface area (Å²) in [5.41, 5.74) is 3.53. The highest BCUT2D eigenvalue weighted by molar-refractivity contribution is 7.92. The third-order valence-corrected chi connectivity index (χ3v) is 5.33. The Labute approximate surface area is 159 Å². The van der Waals surface area contributed by atoms with Gasteiger partial charge in [0.2, 0.25) is 0 Å². The molecule has 3 aromatic rings. The summed E-state index contributed by atoms with van der Waals surface area (Å²) >= 11 is 0. The van der Waals surface area contributed by atoms with Gasteiger partial charge in [-0.05, 0) is 73.5 Å². The van der Waals surface area contributed by atoms with E-state index < -0.39 is 10.0 Å². The van der Waals surface area contributed by atoms with Crippen LogP contribution in [0.15, 0.2) is 77.7 Å². The van der Waals surface area contributed by atoms with Gasteiger partial charge in [0.05, 0.1) is 4.90 Å². The van der Waals surface area contributed by atoms with Crippen LogP contribution in [0.1, 0.15) is 21.5 Å². The molecular weight excluding hydrogens is 360 g/mol. The highest BCUT2D eigenvalue weighted by Crippen LogP contribution is 2.20. The first-order valence-electron chi connectivity index (χ1n) is 8.41. The molecule has 0 saturated carbocycles. The Morgan fingerprint density at radius 1 is 0.778 bits per heavy atom. The molecule has 0 unspecified atom stereocenters. The lowest BCUT2D eigenvalue weighted by molar-refractivity contribution is 0.102. The van der Waals surface area contributed by atoms with E-state index in [0.29, 0.717) is 16.9 Å². The Balaban J connectivity index is 1.75. The monoisotopic (exact) mass is 380 g/mol. The van der Waals surface area contributed by atoms with Crippen molar-refractivity contribution >= 4 is 27.3 Å². The van der Waals surface area contributed by atoms with E-state index in [1.807, 2.05) is 26.0 Å². The number of rotatable bonds is 5. The Morgan fingerprint density at radius 3 is 1.96 bits per heavy atom. The first-order valence-corrected chi connectivity index (χ1v) is 9.89. The van der Waals surface area contributed by atoms with Crippen molar-refractivity contribution < 1.29 is 13.2 Å². The fourth-order valence-corrected chi connectivity index (χ4v) is 3.80. The van der Waals surface area contributed by atoms with E-state index >= 15 is 0 Å². The molecule has 0 aliphatic rings. The van der Waals surface area contributed by atoms with Crippen LogP contribution in [0.5, 0.6) is 0 Å². The van der Waals surface area contributed by atoms with Crippen molar-refractivity contribution in [2.75, 3.05) is 10.0 Å². The van der Waals surface area contributed by atoms with E-state index in [9.17, 15) is 13.2 Å². The molecule has 0 aromatic heterocycles. The van der Waals surface area contributed by atoms with Crippen LogP contribution in [-0.2, 0) is 10.0 Å². The summed E-state index contributed by atoms with van der Waals surface area (Å²) in [6.07, 6.45) is 0. The van der Waals surface area contributed by atoms with E-state index in [1.54, 1.807) is 48.5 Å². The third kappa shape index (κ3) is 4.74. The predicted molar refractivity (Wildman–Crippen MR) is 108 cm³/mol. The predicted octanol–water partition coefficient (Wildman–Crippen LogP) is 4.36. The van der Waals surface area contributed by atoms with Crippen LogP contribution in [0.4, 0.5) is 11.4 Å². The van der Waals surface area contributed by atoms with E-state index in [4.69, 9.17) is 0 Å². The SMILES string of the molecule is Cc1cc(C)cc(NS(=O)(=O)c2ccc(NC(=O)c3ccccc3)cc2)c1. The molecule has 0 atom stereocenters. The molecule has 6 heteroatoms. The molecular formula is C21H20N2O3S. The van der Waals surface area contributed by atoms with Gasteiger partial charge in [-0.25, -0.2) is 8.42 Å². The van der Waals surface area contributed by atoms with Crippen LogP contribution in [0.2, 0.25) is 0 Å². The van der Waals surface area contributed by atoms with Gasteiger partial charge in [-0.2, -0.15) is 0 Å². The second-order valence-electron chi connectivity index (χ2n) is 6.33. The fourth-order valence-electron chi connectivity index (χ4n) is 2.76. The topological polar surface area (TPSA) is 75.3 Å². The van der Waals surface area contributed by atoms with Gasteiger partial charge in [0, 0.05) is 16.9 Å². The normalized spacial score (nSPS) is 11.0. The van der Waals surface area contributed by atoms with Crippen molar-refractivity contribution in [3.8, 4) is 0 Å². The van der Waals surface area contributed by atoms with Gasteiger partial charge in [0.25, 0.3) is 15.9 Å². The second-order valence-corrected chi connectivity index (χ2v) is 8.01. The van der Waals surface area contributed by atoms with Crippen molar-refractivity contribution in [2.45, 2.75) is 18.7 Å². The van der Waals surface area contributed by atoms with Crippen molar-refractivity contribution in [3.05, 3.63) is 89.5 Å². The summed E-state index contributed by atoms with van der Waals surface area (Å²) in [6, 6.07) is 20.4. The average Bonchev–Trinajstić information content (AvgIpc) is 2.61. The molecule has 0 spiro atoms. The van der Waals surface area contributed by atoms with Crippen LogP contribution in [0, 0.1) is 13.8 Å². The van der Waals surface area contributed by atoms with Crippen molar-refractivity contribution in [3.63, 3.8) is 0 Å². The number of aryl methyl sites for hydroxylation is 2. The minimum absolute atomic E-state index is 0.124. The number of nitrogens with one attached hydrogen (secondary N) is 2. The zero-order chi connectivity index (χ0) is 19.4. The van der Waals surface area contributed by atoms with Gasteiger partial charge in [-0.3, -0.25) is 9.52 Å². The molecule has 0 aliphatic carbocycles. The molecule has 2 N–H and O–H groups in total. The molecule has 0 heterocycles. The number of hydrogen-bond acceptors (Lipinski definition) is 3. The highest BCUT2D eigenvalue weighted by atomic mass is 32.2. The molecule has 0 fully saturated rings. The van der Waals surface area contributed by atoms with E-state index in [-0.39, 0.29) is 10.8 Å². The van der Waals surface area contributed by atoms with Gasteiger partial charge in [0.1, 0.15) is 0 Å². The van der Waals surface area contributed by atoms with Gasteiger partial charge in [-0.15, -0.1) is 0 Å². The number of carbonyl (C=O) groups excluding carboxylic acids is 1. The largest absolute Gasteiger partial charge is 0.322 e. The molecule has 1 amide bonds. The van der Waals surface area contributed by atoms with Crippen LogP contribution in [-0.4, -0.2) is 14.3 Å². The maximum absolute atomic E-state index is 12.6. The fraction of sp³-hybridized carbons (Fsp3) is 0.0952. The summed E-state index contributed by atoms with van der Waals surface area (Å²) in [4.78, 5) is 12.3. The maximum Gasteiger partial charge on any atom is 0.261 e. The van der Waals surface area contributed by atoms with Crippen LogP contribution in [0.25, 0.3) is 0 Å². The lowest BCUT2D eigenvalue weighted by atomic mass is 10.1. The molecule has 0 radical (unpaired) electrons. The smallest absolute Gasteiger partial charge is 0.261 e. The number of benzene rings is 3. The van der Waals surface area contributed by atoms with E-state index in [1.165, 1.54) is 12.1 Å². The van der Waals surface area contributed by atoms with Crippen molar-refractivity contribution in [2.24, 2.45) is 0 Å². The van der Waals surface area contributed by atoms with Crippen LogP contribution >= 0.6 is 0 Å². The average molecular weight is 380 g/mol. The third-order valence-electron chi connectivity index (χ3n) is 3.93. The summed E-state index contributed by atoms with van der Waals surface area (Å²) in [7, 11) is -3.71. The lowest BCUT2D eigenvalue weighted by Crippen LogP contribution is -2.14.